The summed E-state index contributed by atoms with van der Waals surface area (Å²) in [4.78, 5) is 14.1. The maximum Gasteiger partial charge on any atom is 0.223 e. The molecule has 0 aliphatic rings. The fourth-order valence-corrected chi connectivity index (χ4v) is 2.44. The van der Waals surface area contributed by atoms with Gasteiger partial charge in [-0.1, -0.05) is 11.6 Å². The molecule has 0 aliphatic heterocycles. The molecule has 0 saturated carbocycles. The van der Waals surface area contributed by atoms with E-state index >= 15 is 0 Å². The Balaban J connectivity index is 1.99. The van der Waals surface area contributed by atoms with E-state index in [4.69, 9.17) is 4.42 Å². The van der Waals surface area contributed by atoms with E-state index in [9.17, 15) is 10.0 Å². The summed E-state index contributed by atoms with van der Waals surface area (Å²) >= 11 is 0. The zero-order valence-electron chi connectivity index (χ0n) is 13.8. The minimum Gasteiger partial charge on any atom is -0.618 e. The minimum absolute atomic E-state index is 0.164. The van der Waals surface area contributed by atoms with Gasteiger partial charge < -0.3 is 14.5 Å². The van der Waals surface area contributed by atoms with Crippen LogP contribution >= 0.6 is 0 Å². The number of aryl methyl sites for hydroxylation is 1. The molecule has 0 radical (unpaired) electrons. The summed E-state index contributed by atoms with van der Waals surface area (Å²) in [7, 11) is 3.86. The first-order chi connectivity index (χ1) is 11.4. The van der Waals surface area contributed by atoms with Crippen molar-refractivity contribution in [3.8, 4) is 0 Å². The van der Waals surface area contributed by atoms with Gasteiger partial charge in [0.1, 0.15) is 5.58 Å². The van der Waals surface area contributed by atoms with E-state index in [-0.39, 0.29) is 11.2 Å². The molecule has 0 saturated heterocycles. The summed E-state index contributed by atoms with van der Waals surface area (Å²) < 4.78 is 6.34. The van der Waals surface area contributed by atoms with Crippen LogP contribution < -0.4 is 10.3 Å². The van der Waals surface area contributed by atoms with Crippen molar-refractivity contribution in [3.63, 3.8) is 0 Å². The van der Waals surface area contributed by atoms with E-state index in [1.165, 1.54) is 12.3 Å². The Bertz CT molecular complexity index is 970. The SMILES string of the molecule is Cc1ccc2oc(/C=[N+](\[O-])c3ccc(N(C)C)cc3)cc(=O)c2c1. The first-order valence-electron chi connectivity index (χ1n) is 7.57. The molecular weight excluding hydrogens is 304 g/mol. The van der Waals surface area contributed by atoms with Crippen LogP contribution in [0.5, 0.6) is 0 Å². The highest BCUT2D eigenvalue weighted by Gasteiger charge is 2.08. The predicted molar refractivity (Wildman–Crippen MR) is 96.4 cm³/mol. The third-order valence-electron chi connectivity index (χ3n) is 3.77. The molecule has 0 aliphatic carbocycles. The highest BCUT2D eigenvalue weighted by molar-refractivity contribution is 5.81. The van der Waals surface area contributed by atoms with Gasteiger partial charge in [0.2, 0.25) is 11.9 Å². The van der Waals surface area contributed by atoms with Crippen LogP contribution in [-0.2, 0) is 0 Å². The summed E-state index contributed by atoms with van der Waals surface area (Å²) in [6.45, 7) is 1.91. The van der Waals surface area contributed by atoms with E-state index in [2.05, 4.69) is 0 Å². The zero-order chi connectivity index (χ0) is 17.3. The Hall–Kier alpha value is -3.08. The normalized spacial score (nSPS) is 11.7. The number of rotatable bonds is 3. The van der Waals surface area contributed by atoms with Gasteiger partial charge in [0.05, 0.1) is 5.39 Å². The zero-order valence-corrected chi connectivity index (χ0v) is 13.8. The van der Waals surface area contributed by atoms with Gasteiger partial charge >= 0.3 is 0 Å². The second-order valence-electron chi connectivity index (χ2n) is 5.88. The number of hydrogen-bond acceptors (Lipinski definition) is 4. The molecule has 1 heterocycles. The Kier molecular flexibility index (Phi) is 4.08. The largest absolute Gasteiger partial charge is 0.618 e. The summed E-state index contributed by atoms with van der Waals surface area (Å²) in [5, 5.41) is 12.8. The van der Waals surface area contributed by atoms with Crippen LogP contribution in [0.4, 0.5) is 11.4 Å². The van der Waals surface area contributed by atoms with Crippen molar-refractivity contribution in [1.29, 1.82) is 0 Å². The van der Waals surface area contributed by atoms with E-state index in [0.717, 1.165) is 11.3 Å². The van der Waals surface area contributed by atoms with Gasteiger partial charge in [-0.3, -0.25) is 4.79 Å². The first kappa shape index (κ1) is 15.8. The second kappa shape index (κ2) is 6.20. The fraction of sp³-hybridized carbons (Fsp3) is 0.158. The number of fused-ring (bicyclic) bond motifs is 1. The molecule has 3 rings (SSSR count). The highest BCUT2D eigenvalue weighted by atomic mass is 16.5. The molecule has 0 spiro atoms. The Labute approximate surface area is 139 Å². The summed E-state index contributed by atoms with van der Waals surface area (Å²) in [6.07, 6.45) is 1.27. The molecule has 0 unspecified atom stereocenters. The second-order valence-corrected chi connectivity index (χ2v) is 5.88. The molecular formula is C19H18N2O3. The van der Waals surface area contributed by atoms with Crippen molar-refractivity contribution in [2.75, 3.05) is 19.0 Å². The van der Waals surface area contributed by atoms with Crippen LogP contribution in [0.3, 0.4) is 0 Å². The monoisotopic (exact) mass is 322 g/mol. The molecule has 0 fully saturated rings. The minimum atomic E-state index is -0.164. The molecule has 5 heteroatoms. The Morgan fingerprint density at radius 2 is 1.79 bits per heavy atom. The molecule has 2 aromatic carbocycles. The summed E-state index contributed by atoms with van der Waals surface area (Å²) in [5.41, 5.74) is 2.75. The van der Waals surface area contributed by atoms with Crippen LogP contribution in [-0.4, -0.2) is 25.0 Å². The lowest BCUT2D eigenvalue weighted by Gasteiger charge is -2.12. The van der Waals surface area contributed by atoms with Crippen LogP contribution in [0, 0.1) is 12.1 Å². The van der Waals surface area contributed by atoms with Gasteiger partial charge in [-0.05, 0) is 31.2 Å². The van der Waals surface area contributed by atoms with Gasteiger partial charge in [0.25, 0.3) is 0 Å². The van der Waals surface area contributed by atoms with Crippen LogP contribution in [0.2, 0.25) is 0 Å². The van der Waals surface area contributed by atoms with Gasteiger partial charge in [-0.2, -0.15) is 4.74 Å². The van der Waals surface area contributed by atoms with E-state index in [1.807, 2.05) is 44.1 Å². The molecule has 5 nitrogen and oxygen atoms in total. The molecule has 122 valence electrons. The Morgan fingerprint density at radius 1 is 1.08 bits per heavy atom. The lowest BCUT2D eigenvalue weighted by molar-refractivity contribution is -0.354. The highest BCUT2D eigenvalue weighted by Crippen LogP contribution is 2.18. The average Bonchev–Trinajstić information content (AvgIpc) is 2.55. The average molecular weight is 322 g/mol. The molecule has 0 bridgehead atoms. The topological polar surface area (TPSA) is 59.5 Å². The molecule has 1 aromatic heterocycles. The van der Waals surface area contributed by atoms with Crippen molar-refractivity contribution in [1.82, 2.24) is 0 Å². The Morgan fingerprint density at radius 3 is 2.46 bits per heavy atom. The summed E-state index contributed by atoms with van der Waals surface area (Å²) in [5.74, 6) is 0.225. The van der Waals surface area contributed by atoms with E-state index in [0.29, 0.717) is 21.4 Å². The van der Waals surface area contributed by atoms with Crippen molar-refractivity contribution in [2.24, 2.45) is 0 Å². The molecule has 0 amide bonds. The first-order valence-corrected chi connectivity index (χ1v) is 7.57. The van der Waals surface area contributed by atoms with Crippen molar-refractivity contribution >= 4 is 28.6 Å². The van der Waals surface area contributed by atoms with Gasteiger partial charge in [0, 0.05) is 38.0 Å². The quantitative estimate of drug-likeness (QED) is 0.321. The number of benzene rings is 2. The fourth-order valence-electron chi connectivity index (χ4n) is 2.44. The lowest BCUT2D eigenvalue weighted by atomic mass is 10.1. The number of anilines is 1. The molecule has 0 N–H and O–H groups in total. The van der Waals surface area contributed by atoms with Crippen LogP contribution in [0.15, 0.2) is 57.7 Å². The van der Waals surface area contributed by atoms with Crippen LogP contribution in [0.1, 0.15) is 11.3 Å². The maximum atomic E-state index is 12.3. The number of nitrogens with zero attached hydrogens (tertiary/aromatic N) is 2. The maximum absolute atomic E-state index is 12.3. The van der Waals surface area contributed by atoms with Crippen LogP contribution in [0.25, 0.3) is 11.0 Å². The standard InChI is InChI=1S/C19H18N2O3/c1-13-4-9-19-17(10-13)18(22)11-16(24-19)12-21(23)15-7-5-14(6-8-15)20(2)3/h4-12H,1-3H3/b21-12-. The van der Waals surface area contributed by atoms with Gasteiger partial charge in [-0.25, -0.2) is 0 Å². The van der Waals surface area contributed by atoms with Crippen molar-refractivity contribution in [2.45, 2.75) is 6.92 Å². The third kappa shape index (κ3) is 3.15. The molecule has 24 heavy (non-hydrogen) atoms. The summed E-state index contributed by atoms with van der Waals surface area (Å²) in [6, 6.07) is 13.9. The van der Waals surface area contributed by atoms with Crippen molar-refractivity contribution < 1.29 is 9.16 Å². The van der Waals surface area contributed by atoms with Crippen molar-refractivity contribution in [3.05, 3.63) is 75.3 Å². The lowest BCUT2D eigenvalue weighted by Crippen LogP contribution is -2.08. The van der Waals surface area contributed by atoms with Gasteiger partial charge in [0.15, 0.2) is 11.2 Å². The van der Waals surface area contributed by atoms with E-state index < -0.39 is 0 Å². The smallest absolute Gasteiger partial charge is 0.223 e. The molecule has 0 atom stereocenters. The van der Waals surface area contributed by atoms with Gasteiger partial charge in [-0.15, -0.1) is 0 Å². The predicted octanol–water partition coefficient (Wildman–Crippen LogP) is 3.43. The molecule has 3 aromatic rings. The van der Waals surface area contributed by atoms with E-state index in [1.54, 1.807) is 24.3 Å². The third-order valence-corrected chi connectivity index (χ3v) is 3.77. The number of hydrogen-bond donors (Lipinski definition) is 0.